The number of Topliss-reactive ketones (excluding diaryl/α,β-unsaturated/α-hetero) is 1. The molecular formula is C35H35FN2O5S. The van der Waals surface area contributed by atoms with Crippen molar-refractivity contribution >= 4 is 21.7 Å². The molecule has 1 amide bonds. The monoisotopic (exact) mass is 614 g/mol. The number of nitrogens with one attached hydrogen (secondary N) is 1. The Hall–Kier alpha value is -4.34. The fourth-order valence-electron chi connectivity index (χ4n) is 6.09. The number of nitrogens with zero attached hydrogens (tertiary/aromatic N) is 1. The molecule has 4 aromatic carbocycles. The predicted octanol–water partition coefficient (Wildman–Crippen LogP) is 5.90. The fraction of sp³-hybridized carbons (Fsp3) is 0.257. The van der Waals surface area contributed by atoms with Crippen LogP contribution in [0.5, 0.6) is 5.75 Å². The normalized spacial score (nSPS) is 20.2. The zero-order chi connectivity index (χ0) is 31.3. The van der Waals surface area contributed by atoms with Gasteiger partial charge in [-0.25, -0.2) is 12.8 Å². The highest BCUT2D eigenvalue weighted by molar-refractivity contribution is 7.89. The zero-order valence-electron chi connectivity index (χ0n) is 24.6. The first kappa shape index (κ1) is 31.1. The number of rotatable bonds is 11. The summed E-state index contributed by atoms with van der Waals surface area (Å²) in [6.45, 7) is 1.82. The number of ketones is 1. The number of amides is 1. The number of carbonyl (C=O) groups excluding carboxylic acids is 2. The smallest absolute Gasteiger partial charge is 0.239 e. The van der Waals surface area contributed by atoms with E-state index in [9.17, 15) is 22.4 Å². The molecular weight excluding hydrogens is 579 g/mol. The minimum atomic E-state index is -4.06. The second-order valence-corrected chi connectivity index (χ2v) is 12.8. The van der Waals surface area contributed by atoms with E-state index in [4.69, 9.17) is 4.74 Å². The van der Waals surface area contributed by atoms with Crippen LogP contribution in [0.2, 0.25) is 0 Å². The van der Waals surface area contributed by atoms with Gasteiger partial charge in [0.05, 0.1) is 24.8 Å². The van der Waals surface area contributed by atoms with Crippen LogP contribution in [0, 0.1) is 11.7 Å². The number of benzene rings is 4. The summed E-state index contributed by atoms with van der Waals surface area (Å²) in [5.41, 5.74) is 2.34. The standard InChI is InChI=1S/C35H35FN2O5S/c1-3-22-44(41,42)38-32(26-16-20-29(43-2)21-17-26)31(34(39)27-12-8-5-9-13-27)30(25-10-6-4-7-11-25)33(38)35(40)37-23-24-14-18-28(36)19-15-24/h4-21,30-33H,3,22-23H2,1-2H3,(H,37,40). The summed E-state index contributed by atoms with van der Waals surface area (Å²) in [6, 6.07) is 28.4. The summed E-state index contributed by atoms with van der Waals surface area (Å²) in [5, 5.41) is 2.90. The highest BCUT2D eigenvalue weighted by Crippen LogP contribution is 2.52. The molecule has 9 heteroatoms. The highest BCUT2D eigenvalue weighted by Gasteiger charge is 2.59. The summed E-state index contributed by atoms with van der Waals surface area (Å²) in [5.74, 6) is -2.56. The van der Waals surface area contributed by atoms with E-state index in [1.165, 1.54) is 23.5 Å². The van der Waals surface area contributed by atoms with Gasteiger partial charge in [0.1, 0.15) is 17.6 Å². The van der Waals surface area contributed by atoms with Crippen molar-refractivity contribution in [2.75, 3.05) is 12.9 Å². The van der Waals surface area contributed by atoms with Gasteiger partial charge in [0, 0.05) is 18.0 Å². The minimum Gasteiger partial charge on any atom is -0.497 e. The molecule has 1 aliphatic rings. The Labute approximate surface area is 257 Å². The summed E-state index contributed by atoms with van der Waals surface area (Å²) in [6.07, 6.45) is 0.325. The van der Waals surface area contributed by atoms with Gasteiger partial charge in [-0.3, -0.25) is 9.59 Å². The quantitative estimate of drug-likeness (QED) is 0.213. The van der Waals surface area contributed by atoms with Crippen molar-refractivity contribution in [1.82, 2.24) is 9.62 Å². The molecule has 1 N–H and O–H groups in total. The summed E-state index contributed by atoms with van der Waals surface area (Å²) in [4.78, 5) is 28.8. The molecule has 44 heavy (non-hydrogen) atoms. The second kappa shape index (κ2) is 13.5. The second-order valence-electron chi connectivity index (χ2n) is 10.8. The molecule has 4 aromatic rings. The Balaban J connectivity index is 1.71. The highest BCUT2D eigenvalue weighted by atomic mass is 32.2. The molecule has 1 heterocycles. The maximum absolute atomic E-state index is 14.5. The van der Waals surface area contributed by atoms with Gasteiger partial charge in [-0.15, -0.1) is 0 Å². The number of hydrogen-bond acceptors (Lipinski definition) is 5. The van der Waals surface area contributed by atoms with Crippen molar-refractivity contribution in [2.24, 2.45) is 5.92 Å². The third kappa shape index (κ3) is 6.44. The Morgan fingerprint density at radius 1 is 0.841 bits per heavy atom. The van der Waals surface area contributed by atoms with E-state index < -0.39 is 45.7 Å². The minimum absolute atomic E-state index is 0.0588. The molecule has 1 aliphatic heterocycles. The lowest BCUT2D eigenvalue weighted by Crippen LogP contribution is -2.49. The van der Waals surface area contributed by atoms with E-state index in [0.29, 0.717) is 34.4 Å². The molecule has 4 unspecified atom stereocenters. The number of sulfonamides is 1. The van der Waals surface area contributed by atoms with Crippen LogP contribution in [0.15, 0.2) is 109 Å². The van der Waals surface area contributed by atoms with Crippen LogP contribution >= 0.6 is 0 Å². The Morgan fingerprint density at radius 3 is 2.05 bits per heavy atom. The predicted molar refractivity (Wildman–Crippen MR) is 167 cm³/mol. The van der Waals surface area contributed by atoms with Crippen molar-refractivity contribution in [3.05, 3.63) is 137 Å². The Bertz CT molecular complexity index is 1680. The van der Waals surface area contributed by atoms with Crippen LogP contribution in [-0.4, -0.2) is 43.3 Å². The number of hydrogen-bond donors (Lipinski definition) is 1. The molecule has 0 radical (unpaired) electrons. The molecule has 0 aromatic heterocycles. The largest absolute Gasteiger partial charge is 0.497 e. The number of halogens is 1. The number of ether oxygens (including phenoxy) is 1. The Morgan fingerprint density at radius 2 is 1.45 bits per heavy atom. The van der Waals surface area contributed by atoms with E-state index in [-0.39, 0.29) is 18.1 Å². The molecule has 0 spiro atoms. The molecule has 4 atom stereocenters. The van der Waals surface area contributed by atoms with E-state index in [1.807, 2.05) is 36.4 Å². The van der Waals surface area contributed by atoms with Gasteiger partial charge in [0.25, 0.3) is 0 Å². The third-order valence-electron chi connectivity index (χ3n) is 8.05. The molecule has 5 rings (SSSR count). The van der Waals surface area contributed by atoms with Crippen LogP contribution < -0.4 is 10.1 Å². The maximum Gasteiger partial charge on any atom is 0.239 e. The van der Waals surface area contributed by atoms with Gasteiger partial charge in [0.15, 0.2) is 5.78 Å². The van der Waals surface area contributed by atoms with Crippen LogP contribution in [0.1, 0.15) is 52.4 Å². The zero-order valence-corrected chi connectivity index (χ0v) is 25.4. The summed E-state index contributed by atoms with van der Waals surface area (Å²) in [7, 11) is -2.52. The molecule has 7 nitrogen and oxygen atoms in total. The van der Waals surface area contributed by atoms with Gasteiger partial charge in [-0.05, 0) is 47.4 Å². The SMILES string of the molecule is CCCS(=O)(=O)N1C(C(=O)NCc2ccc(F)cc2)C(c2ccccc2)C(C(=O)c2ccccc2)C1c1ccc(OC)cc1. The van der Waals surface area contributed by atoms with Crippen LogP contribution in [0.3, 0.4) is 0 Å². The van der Waals surface area contributed by atoms with Crippen molar-refractivity contribution in [1.29, 1.82) is 0 Å². The van der Waals surface area contributed by atoms with Crippen molar-refractivity contribution < 1.29 is 27.1 Å². The lowest BCUT2D eigenvalue weighted by atomic mass is 9.76. The lowest BCUT2D eigenvalue weighted by Gasteiger charge is -2.30. The third-order valence-corrected chi connectivity index (χ3v) is 10.1. The van der Waals surface area contributed by atoms with Gasteiger partial charge in [-0.2, -0.15) is 4.31 Å². The summed E-state index contributed by atoms with van der Waals surface area (Å²) >= 11 is 0. The fourth-order valence-corrected chi connectivity index (χ4v) is 7.99. The maximum atomic E-state index is 14.5. The van der Waals surface area contributed by atoms with Gasteiger partial charge in [-0.1, -0.05) is 91.9 Å². The van der Waals surface area contributed by atoms with E-state index >= 15 is 0 Å². The van der Waals surface area contributed by atoms with Gasteiger partial charge in [0.2, 0.25) is 15.9 Å². The molecule has 1 fully saturated rings. The van der Waals surface area contributed by atoms with Crippen LogP contribution in [0.25, 0.3) is 0 Å². The molecule has 0 bridgehead atoms. The van der Waals surface area contributed by atoms with Crippen LogP contribution in [-0.2, 0) is 21.4 Å². The Kier molecular flexibility index (Phi) is 9.56. The summed E-state index contributed by atoms with van der Waals surface area (Å²) < 4.78 is 48.6. The van der Waals surface area contributed by atoms with Crippen molar-refractivity contribution in [2.45, 2.75) is 37.9 Å². The van der Waals surface area contributed by atoms with Crippen molar-refractivity contribution in [3.8, 4) is 5.75 Å². The van der Waals surface area contributed by atoms with Gasteiger partial charge >= 0.3 is 0 Å². The molecule has 0 saturated carbocycles. The lowest BCUT2D eigenvalue weighted by molar-refractivity contribution is -0.125. The van der Waals surface area contributed by atoms with E-state index in [0.717, 1.165) is 0 Å². The number of methoxy groups -OCH3 is 1. The average Bonchev–Trinajstić information content (AvgIpc) is 3.42. The van der Waals surface area contributed by atoms with Gasteiger partial charge < -0.3 is 10.1 Å². The molecule has 0 aliphatic carbocycles. The first-order valence-corrected chi connectivity index (χ1v) is 16.2. The first-order chi connectivity index (χ1) is 21.2. The van der Waals surface area contributed by atoms with E-state index in [2.05, 4.69) is 5.32 Å². The number of carbonyl (C=O) groups is 2. The van der Waals surface area contributed by atoms with Crippen LogP contribution in [0.4, 0.5) is 4.39 Å². The molecule has 228 valence electrons. The van der Waals surface area contributed by atoms with E-state index in [1.54, 1.807) is 67.6 Å². The molecule has 1 saturated heterocycles. The van der Waals surface area contributed by atoms with Crippen molar-refractivity contribution in [3.63, 3.8) is 0 Å². The topological polar surface area (TPSA) is 92.8 Å². The average molecular weight is 615 g/mol. The first-order valence-electron chi connectivity index (χ1n) is 14.6.